The van der Waals surface area contributed by atoms with Gasteiger partial charge in [0.2, 0.25) is 0 Å². The number of rotatable bonds is 6. The Labute approximate surface area is 259 Å². The molecule has 0 saturated carbocycles. The Morgan fingerprint density at radius 2 is 0.674 bits per heavy atom. The van der Waals surface area contributed by atoms with Crippen molar-refractivity contribution < 1.29 is 0 Å². The normalized spacial score (nSPS) is 11.4. The van der Waals surface area contributed by atoms with Gasteiger partial charge in [-0.2, -0.15) is 0 Å². The van der Waals surface area contributed by atoms with Crippen molar-refractivity contribution in [3.05, 3.63) is 168 Å². The molecule has 0 spiro atoms. The lowest BCUT2D eigenvalue weighted by atomic mass is 9.93. The van der Waals surface area contributed by atoms with E-state index in [1.165, 1.54) is 32.3 Å². The van der Waals surface area contributed by atoms with E-state index < -0.39 is 0 Å². The molecule has 0 aliphatic carbocycles. The third kappa shape index (κ3) is 4.59. The third-order valence-electron chi connectivity index (χ3n) is 8.13. The number of hydrogen-bond donors (Lipinski definition) is 0. The number of benzene rings is 8. The molecule has 0 N–H and O–H groups in total. The van der Waals surface area contributed by atoms with Gasteiger partial charge >= 0.3 is 0 Å². The maximum Gasteiger partial charge on any atom is 0.0493 e. The highest BCUT2D eigenvalue weighted by atomic mass is 79.9. The van der Waals surface area contributed by atoms with E-state index in [4.69, 9.17) is 0 Å². The largest absolute Gasteiger partial charge is 0.310 e. The summed E-state index contributed by atoms with van der Waals surface area (Å²) in [5.74, 6) is 0. The van der Waals surface area contributed by atoms with Gasteiger partial charge < -0.3 is 9.80 Å². The molecule has 0 bridgehead atoms. The molecule has 0 unspecified atom stereocenters. The molecular weight excluding hydrogens is 588 g/mol. The van der Waals surface area contributed by atoms with Crippen LogP contribution in [0.2, 0.25) is 0 Å². The number of hydrogen-bond acceptors (Lipinski definition) is 2. The van der Waals surface area contributed by atoms with Crippen LogP contribution < -0.4 is 9.80 Å². The van der Waals surface area contributed by atoms with Crippen molar-refractivity contribution in [2.45, 2.75) is 0 Å². The Kier molecular flexibility index (Phi) is 6.31. The van der Waals surface area contributed by atoms with E-state index in [1.54, 1.807) is 0 Å². The van der Waals surface area contributed by atoms with Crippen molar-refractivity contribution in [1.82, 2.24) is 0 Å². The number of halogens is 1. The van der Waals surface area contributed by atoms with Crippen LogP contribution in [0, 0.1) is 0 Å². The monoisotopic (exact) mass is 614 g/mol. The fourth-order valence-corrected chi connectivity index (χ4v) is 6.78. The first-order valence-corrected chi connectivity index (χ1v) is 15.3. The van der Waals surface area contributed by atoms with Crippen LogP contribution in [0.3, 0.4) is 0 Å². The zero-order chi connectivity index (χ0) is 28.8. The summed E-state index contributed by atoms with van der Waals surface area (Å²) in [5, 5.41) is 7.69. The maximum absolute atomic E-state index is 3.88. The molecule has 8 aromatic rings. The summed E-state index contributed by atoms with van der Waals surface area (Å²) in [4.78, 5) is 4.66. The van der Waals surface area contributed by atoms with E-state index in [1.807, 2.05) is 0 Å². The topological polar surface area (TPSA) is 6.48 Å². The van der Waals surface area contributed by atoms with Crippen LogP contribution in [-0.2, 0) is 0 Å². The van der Waals surface area contributed by atoms with Crippen molar-refractivity contribution in [2.75, 3.05) is 9.80 Å². The van der Waals surface area contributed by atoms with E-state index in [-0.39, 0.29) is 0 Å². The van der Waals surface area contributed by atoms with E-state index in [2.05, 4.69) is 190 Å². The molecule has 3 heteroatoms. The average molecular weight is 616 g/mol. The number of nitrogens with zero attached hydrogens (tertiary/aromatic N) is 2. The molecule has 0 amide bonds. The summed E-state index contributed by atoms with van der Waals surface area (Å²) in [6, 6.07) is 58.6. The molecule has 0 aliphatic rings. The average Bonchev–Trinajstić information content (AvgIpc) is 3.05. The Balaban J connectivity index is 1.35. The van der Waals surface area contributed by atoms with Crippen molar-refractivity contribution in [1.29, 1.82) is 0 Å². The SMILES string of the molecule is Brc1cc(N(c2ccccc2)c2ccccc2)cc(N(c2ccccc2)c2cc3ccc4cccc5ccc(c2)c3c45)c1. The number of para-hydroxylation sites is 3. The lowest BCUT2D eigenvalue weighted by Gasteiger charge is -2.30. The van der Waals surface area contributed by atoms with Gasteiger partial charge in [-0.1, -0.05) is 113 Å². The molecule has 0 atom stereocenters. The second-order valence-electron chi connectivity index (χ2n) is 10.8. The zero-order valence-electron chi connectivity index (χ0n) is 23.4. The Bertz CT molecular complexity index is 2090. The molecule has 0 saturated heterocycles. The molecular formula is C40H27BrN2. The summed E-state index contributed by atoms with van der Waals surface area (Å²) in [6.45, 7) is 0. The molecule has 8 rings (SSSR count). The first-order valence-electron chi connectivity index (χ1n) is 14.5. The van der Waals surface area contributed by atoms with Gasteiger partial charge in [0.25, 0.3) is 0 Å². The van der Waals surface area contributed by atoms with Gasteiger partial charge in [-0.05, 0) is 99.0 Å². The third-order valence-corrected chi connectivity index (χ3v) is 8.59. The standard InChI is InChI=1S/C40H27BrN2/c41-32-25-37(42(33-13-4-1-5-14-33)34-15-6-2-7-16-34)27-38(26-32)43(35-17-8-3-9-18-35)36-23-30-21-19-28-11-10-12-29-20-22-31(24-36)40(30)39(28)29/h1-27H. The summed E-state index contributed by atoms with van der Waals surface area (Å²) < 4.78 is 1.01. The predicted octanol–water partition coefficient (Wildman–Crippen LogP) is 12.3. The van der Waals surface area contributed by atoms with Crippen molar-refractivity contribution in [3.63, 3.8) is 0 Å². The highest BCUT2D eigenvalue weighted by Crippen LogP contribution is 2.44. The Morgan fingerprint density at radius 1 is 0.302 bits per heavy atom. The maximum atomic E-state index is 3.88. The quantitative estimate of drug-likeness (QED) is 0.172. The molecule has 0 fully saturated rings. The van der Waals surface area contributed by atoms with Gasteiger partial charge in [0.1, 0.15) is 0 Å². The first kappa shape index (κ1) is 25.6. The van der Waals surface area contributed by atoms with Crippen LogP contribution in [0.5, 0.6) is 0 Å². The minimum atomic E-state index is 1.01. The molecule has 204 valence electrons. The molecule has 0 radical (unpaired) electrons. The van der Waals surface area contributed by atoms with E-state index >= 15 is 0 Å². The van der Waals surface area contributed by atoms with Crippen molar-refractivity contribution in [3.8, 4) is 0 Å². The molecule has 0 aromatic heterocycles. The second kappa shape index (κ2) is 10.6. The second-order valence-corrected chi connectivity index (χ2v) is 11.7. The predicted molar refractivity (Wildman–Crippen MR) is 187 cm³/mol. The Morgan fingerprint density at radius 3 is 1.14 bits per heavy atom. The lowest BCUT2D eigenvalue weighted by Crippen LogP contribution is -2.13. The van der Waals surface area contributed by atoms with Crippen molar-refractivity contribution >= 4 is 82.4 Å². The fraction of sp³-hybridized carbons (Fsp3) is 0. The smallest absolute Gasteiger partial charge is 0.0493 e. The first-order chi connectivity index (χ1) is 21.2. The van der Waals surface area contributed by atoms with Gasteiger partial charge in [-0.25, -0.2) is 0 Å². The fourth-order valence-electron chi connectivity index (χ4n) is 6.31. The zero-order valence-corrected chi connectivity index (χ0v) is 24.9. The molecule has 8 aromatic carbocycles. The molecule has 2 nitrogen and oxygen atoms in total. The van der Waals surface area contributed by atoms with E-state index in [0.717, 1.165) is 38.6 Å². The molecule has 0 heterocycles. The Hall–Kier alpha value is -5.12. The van der Waals surface area contributed by atoms with Crippen LogP contribution in [0.15, 0.2) is 168 Å². The summed E-state index contributed by atoms with van der Waals surface area (Å²) >= 11 is 3.88. The van der Waals surface area contributed by atoms with Gasteiger partial charge in [0, 0.05) is 38.6 Å². The lowest BCUT2D eigenvalue weighted by molar-refractivity contribution is 1.25. The molecule has 43 heavy (non-hydrogen) atoms. The van der Waals surface area contributed by atoms with Gasteiger partial charge in [-0.15, -0.1) is 0 Å². The van der Waals surface area contributed by atoms with Crippen LogP contribution in [0.25, 0.3) is 32.3 Å². The summed E-state index contributed by atoms with van der Waals surface area (Å²) in [5.41, 5.74) is 6.57. The van der Waals surface area contributed by atoms with E-state index in [0.29, 0.717) is 0 Å². The van der Waals surface area contributed by atoms with Gasteiger partial charge in [0.15, 0.2) is 0 Å². The van der Waals surface area contributed by atoms with Gasteiger partial charge in [0.05, 0.1) is 0 Å². The van der Waals surface area contributed by atoms with Crippen LogP contribution in [0.1, 0.15) is 0 Å². The van der Waals surface area contributed by atoms with Crippen LogP contribution in [0.4, 0.5) is 34.1 Å². The van der Waals surface area contributed by atoms with Gasteiger partial charge in [-0.3, -0.25) is 0 Å². The van der Waals surface area contributed by atoms with Crippen molar-refractivity contribution in [2.24, 2.45) is 0 Å². The molecule has 0 aliphatic heterocycles. The number of anilines is 6. The minimum Gasteiger partial charge on any atom is -0.310 e. The highest BCUT2D eigenvalue weighted by molar-refractivity contribution is 9.10. The summed E-state index contributed by atoms with van der Waals surface area (Å²) in [6.07, 6.45) is 0. The highest BCUT2D eigenvalue weighted by Gasteiger charge is 2.19. The minimum absolute atomic E-state index is 1.01. The van der Waals surface area contributed by atoms with Crippen LogP contribution >= 0.6 is 15.9 Å². The van der Waals surface area contributed by atoms with E-state index in [9.17, 15) is 0 Å². The summed E-state index contributed by atoms with van der Waals surface area (Å²) in [7, 11) is 0. The van der Waals surface area contributed by atoms with Crippen LogP contribution in [-0.4, -0.2) is 0 Å².